The maximum absolute atomic E-state index is 13.1. The Morgan fingerprint density at radius 3 is 2.38 bits per heavy atom. The minimum Gasteiger partial charge on any atom is -0.436 e. The molecule has 6 nitrogen and oxygen atoms in total. The van der Waals surface area contributed by atoms with Gasteiger partial charge in [-0.05, 0) is 25.7 Å². The minimum atomic E-state index is -0.582. The van der Waals surface area contributed by atoms with Crippen molar-refractivity contribution in [3.63, 3.8) is 0 Å². The molecule has 150 valence electrons. The normalized spacial score (nSPS) is 25.4. The lowest BCUT2D eigenvalue weighted by Crippen LogP contribution is -2.66. The lowest BCUT2D eigenvalue weighted by molar-refractivity contribution is -0.913. The summed E-state index contributed by atoms with van der Waals surface area (Å²) in [5.41, 5.74) is -0.582. The minimum absolute atomic E-state index is 0.141. The third-order valence-electron chi connectivity index (χ3n) is 5.69. The van der Waals surface area contributed by atoms with E-state index in [2.05, 4.69) is 21.1 Å². The van der Waals surface area contributed by atoms with Gasteiger partial charge in [-0.3, -0.25) is 14.5 Å². The summed E-state index contributed by atoms with van der Waals surface area (Å²) in [5.74, 6) is -0.364. The molecule has 2 saturated heterocycles. The number of esters is 1. The molecule has 2 heterocycles. The molecule has 0 spiro atoms. The molecule has 2 rings (SSSR count). The van der Waals surface area contributed by atoms with Crippen LogP contribution >= 0.6 is 0 Å². The molecule has 0 radical (unpaired) electrons. The number of hydrogen-bond acceptors (Lipinski definition) is 4. The summed E-state index contributed by atoms with van der Waals surface area (Å²) in [6.07, 6.45) is 4.84. The lowest BCUT2D eigenvalue weighted by Gasteiger charge is -2.50. The Hall–Kier alpha value is -1.14. The van der Waals surface area contributed by atoms with E-state index in [0.717, 1.165) is 36.7 Å². The number of nitrogens with zero attached hydrogens (tertiary/aromatic N) is 2. The fourth-order valence-electron chi connectivity index (χ4n) is 3.93. The van der Waals surface area contributed by atoms with Crippen molar-refractivity contribution in [2.45, 2.75) is 71.8 Å². The second-order valence-corrected chi connectivity index (χ2v) is 9.31. The van der Waals surface area contributed by atoms with E-state index < -0.39 is 11.7 Å². The number of carbonyl (C=O) groups is 2. The third-order valence-corrected chi connectivity index (χ3v) is 5.69. The second-order valence-electron chi connectivity index (χ2n) is 9.31. The van der Waals surface area contributed by atoms with Gasteiger partial charge in [0.25, 0.3) is 0 Å². The lowest BCUT2D eigenvalue weighted by atomic mass is 9.79. The van der Waals surface area contributed by atoms with Gasteiger partial charge in [-0.15, -0.1) is 0 Å². The molecular weight excluding hydrogens is 332 g/mol. The molecule has 0 saturated carbocycles. The van der Waals surface area contributed by atoms with Crippen molar-refractivity contribution in [3.8, 4) is 0 Å². The predicted molar refractivity (Wildman–Crippen MR) is 100 cm³/mol. The van der Waals surface area contributed by atoms with E-state index in [0.29, 0.717) is 19.4 Å². The average Bonchev–Trinajstić information content (AvgIpc) is 2.50. The van der Waals surface area contributed by atoms with E-state index in [1.807, 2.05) is 25.7 Å². The molecule has 3 unspecified atom stereocenters. The number of quaternary nitrogens is 1. The van der Waals surface area contributed by atoms with Crippen molar-refractivity contribution in [3.05, 3.63) is 0 Å². The standard InChI is InChI=1S/C20H37N2O4/c1-7-15(18(23)26-17-10-8-9-13-25-17)14-20(2,3)19(24)21-12-11-16(21)22(4,5)6/h15-17H,7-14H2,1-6H3/q+1. The number of likely N-dealkylation sites (tertiary alicyclic amines) is 1. The highest BCUT2D eigenvalue weighted by Gasteiger charge is 2.47. The predicted octanol–water partition coefficient (Wildman–Crippen LogP) is 2.76. The fraction of sp³-hybridized carbons (Fsp3) is 0.900. The van der Waals surface area contributed by atoms with E-state index in [1.54, 1.807) is 0 Å². The van der Waals surface area contributed by atoms with Gasteiger partial charge in [0.15, 0.2) is 6.17 Å². The third kappa shape index (κ3) is 4.97. The van der Waals surface area contributed by atoms with Gasteiger partial charge in [0.2, 0.25) is 12.2 Å². The maximum Gasteiger partial charge on any atom is 0.311 e. The molecule has 0 bridgehead atoms. The monoisotopic (exact) mass is 369 g/mol. The van der Waals surface area contributed by atoms with E-state index in [1.165, 1.54) is 0 Å². The highest BCUT2D eigenvalue weighted by Crippen LogP contribution is 2.35. The molecule has 0 aliphatic carbocycles. The number of ether oxygens (including phenoxy) is 2. The second kappa shape index (κ2) is 8.26. The van der Waals surface area contributed by atoms with Crippen molar-refractivity contribution in [1.29, 1.82) is 0 Å². The topological polar surface area (TPSA) is 55.8 Å². The zero-order valence-electron chi connectivity index (χ0n) is 17.4. The summed E-state index contributed by atoms with van der Waals surface area (Å²) in [6.45, 7) is 7.34. The molecule has 0 N–H and O–H groups in total. The zero-order valence-corrected chi connectivity index (χ0v) is 17.4. The van der Waals surface area contributed by atoms with E-state index in [-0.39, 0.29) is 24.0 Å². The van der Waals surface area contributed by atoms with Crippen LogP contribution in [0.4, 0.5) is 0 Å². The summed E-state index contributed by atoms with van der Waals surface area (Å²) in [7, 11) is 6.36. The zero-order chi connectivity index (χ0) is 19.5. The SMILES string of the molecule is CCC(CC(C)(C)C(=O)N1CCC1[N+](C)(C)C)C(=O)OC1CCCCO1. The summed E-state index contributed by atoms with van der Waals surface area (Å²) < 4.78 is 11.8. The number of carbonyl (C=O) groups excluding carboxylic acids is 2. The maximum atomic E-state index is 13.1. The average molecular weight is 370 g/mol. The molecule has 0 aromatic rings. The van der Waals surface area contributed by atoms with Crippen LogP contribution in [0, 0.1) is 11.3 Å². The van der Waals surface area contributed by atoms with Crippen LogP contribution < -0.4 is 0 Å². The summed E-state index contributed by atoms with van der Waals surface area (Å²) in [5, 5.41) is 0. The van der Waals surface area contributed by atoms with Crippen LogP contribution in [0.3, 0.4) is 0 Å². The summed E-state index contributed by atoms with van der Waals surface area (Å²) in [4.78, 5) is 27.7. The molecule has 26 heavy (non-hydrogen) atoms. The Balaban J connectivity index is 1.96. The molecule has 3 atom stereocenters. The van der Waals surface area contributed by atoms with Gasteiger partial charge in [0.05, 0.1) is 33.7 Å². The van der Waals surface area contributed by atoms with Gasteiger partial charge < -0.3 is 14.0 Å². The highest BCUT2D eigenvalue weighted by molar-refractivity contribution is 5.84. The van der Waals surface area contributed by atoms with Crippen LogP contribution in [-0.2, 0) is 19.1 Å². The first-order chi connectivity index (χ1) is 12.1. The van der Waals surface area contributed by atoms with E-state index >= 15 is 0 Å². The van der Waals surface area contributed by atoms with Crippen molar-refractivity contribution < 1.29 is 23.5 Å². The van der Waals surface area contributed by atoms with Crippen LogP contribution in [0.15, 0.2) is 0 Å². The van der Waals surface area contributed by atoms with Gasteiger partial charge in [-0.1, -0.05) is 20.8 Å². The molecule has 0 aromatic carbocycles. The Bertz CT molecular complexity index is 506. The Morgan fingerprint density at radius 1 is 1.23 bits per heavy atom. The Kier molecular flexibility index (Phi) is 6.72. The largest absolute Gasteiger partial charge is 0.436 e. The van der Waals surface area contributed by atoms with Crippen molar-refractivity contribution >= 4 is 11.9 Å². The van der Waals surface area contributed by atoms with E-state index in [9.17, 15) is 9.59 Å². The van der Waals surface area contributed by atoms with Crippen LogP contribution in [0.5, 0.6) is 0 Å². The van der Waals surface area contributed by atoms with Crippen LogP contribution in [0.1, 0.15) is 59.3 Å². The van der Waals surface area contributed by atoms with Gasteiger partial charge in [0.1, 0.15) is 0 Å². The van der Waals surface area contributed by atoms with Crippen molar-refractivity contribution in [2.24, 2.45) is 11.3 Å². The van der Waals surface area contributed by atoms with Crippen LogP contribution in [0.2, 0.25) is 0 Å². The van der Waals surface area contributed by atoms with Crippen LogP contribution in [-0.4, -0.2) is 68.0 Å². The first-order valence-electron chi connectivity index (χ1n) is 10.0. The first-order valence-corrected chi connectivity index (χ1v) is 10.0. The van der Waals surface area contributed by atoms with Gasteiger partial charge in [-0.25, -0.2) is 0 Å². The number of hydrogen-bond donors (Lipinski definition) is 0. The molecule has 2 aliphatic heterocycles. The highest BCUT2D eigenvalue weighted by atomic mass is 16.7. The Labute approximate surface area is 158 Å². The van der Waals surface area contributed by atoms with Crippen LogP contribution in [0.25, 0.3) is 0 Å². The van der Waals surface area contributed by atoms with Crippen molar-refractivity contribution in [2.75, 3.05) is 34.3 Å². The quantitative estimate of drug-likeness (QED) is 0.511. The number of rotatable bonds is 7. The molecule has 2 aliphatic rings. The van der Waals surface area contributed by atoms with Gasteiger partial charge in [0, 0.05) is 24.8 Å². The van der Waals surface area contributed by atoms with Crippen molar-refractivity contribution in [1.82, 2.24) is 4.90 Å². The smallest absolute Gasteiger partial charge is 0.311 e. The molecule has 6 heteroatoms. The first kappa shape index (κ1) is 21.2. The molecular formula is C20H37N2O4+. The summed E-state index contributed by atoms with van der Waals surface area (Å²) >= 11 is 0. The van der Waals surface area contributed by atoms with E-state index in [4.69, 9.17) is 9.47 Å². The number of amides is 1. The van der Waals surface area contributed by atoms with Gasteiger partial charge >= 0.3 is 5.97 Å². The Morgan fingerprint density at radius 2 is 1.92 bits per heavy atom. The fourth-order valence-corrected chi connectivity index (χ4v) is 3.93. The summed E-state index contributed by atoms with van der Waals surface area (Å²) in [6, 6.07) is 0. The molecule has 0 aromatic heterocycles. The molecule has 2 fully saturated rings. The van der Waals surface area contributed by atoms with Gasteiger partial charge in [-0.2, -0.15) is 0 Å². The molecule has 1 amide bonds.